The molecule has 44 heavy (non-hydrogen) atoms. The van der Waals surface area contributed by atoms with Gasteiger partial charge in [-0.2, -0.15) is 0 Å². The number of carbonyl (C=O) groups is 1. The van der Waals surface area contributed by atoms with Crippen molar-refractivity contribution in [3.05, 3.63) is 83.4 Å². The molecule has 2 nitrogen and oxygen atoms in total. The number of fused-ring (bicyclic) bond motifs is 5. The summed E-state index contributed by atoms with van der Waals surface area (Å²) in [6.07, 6.45) is 15.0. The van der Waals surface area contributed by atoms with Gasteiger partial charge in [-0.15, -0.1) is 0 Å². The molecule has 0 spiro atoms. The molecular weight excluding hydrogens is 536 g/mol. The van der Waals surface area contributed by atoms with E-state index in [1.165, 1.54) is 50.5 Å². The molecule has 6 rings (SSSR count). The average molecular weight is 591 g/mol. The van der Waals surface area contributed by atoms with Crippen molar-refractivity contribution in [1.29, 1.82) is 0 Å². The van der Waals surface area contributed by atoms with Crippen LogP contribution in [0.5, 0.6) is 0 Å². The lowest BCUT2D eigenvalue weighted by Crippen LogP contribution is -2.54. The van der Waals surface area contributed by atoms with Crippen LogP contribution in [-0.2, 0) is 4.74 Å². The summed E-state index contributed by atoms with van der Waals surface area (Å²) in [5, 5.41) is 0. The third-order valence-electron chi connectivity index (χ3n) is 12.8. The fourth-order valence-electron chi connectivity index (χ4n) is 10.4. The molecule has 0 aromatic heterocycles. The predicted octanol–water partition coefficient (Wildman–Crippen LogP) is 10.5. The summed E-state index contributed by atoms with van der Waals surface area (Å²) in [6.45, 7) is 12.5. The Hall–Kier alpha value is -2.79. The quantitative estimate of drug-likeness (QED) is 0.237. The smallest absolute Gasteiger partial charge is 0.338 e. The highest BCUT2D eigenvalue weighted by Crippen LogP contribution is 2.68. The Labute approximate surface area is 267 Å². The molecule has 4 aliphatic carbocycles. The summed E-state index contributed by atoms with van der Waals surface area (Å²) in [4.78, 5) is 13.0. The number of carbonyl (C=O) groups excluding carboxylic acids is 1. The number of hydrogen-bond acceptors (Lipinski definition) is 2. The molecule has 0 aliphatic heterocycles. The van der Waals surface area contributed by atoms with Gasteiger partial charge >= 0.3 is 5.97 Å². The Morgan fingerprint density at radius 2 is 1.52 bits per heavy atom. The normalized spacial score (nSPS) is 34.9. The minimum absolute atomic E-state index is 0.0340. The molecule has 2 heteroatoms. The van der Waals surface area contributed by atoms with Crippen molar-refractivity contribution in [2.24, 2.45) is 52.3 Å². The molecule has 0 N–H and O–H groups in total. The van der Waals surface area contributed by atoms with Crippen molar-refractivity contribution in [2.75, 3.05) is 0 Å². The maximum atomic E-state index is 13.0. The van der Waals surface area contributed by atoms with Crippen LogP contribution >= 0.6 is 0 Å². The van der Waals surface area contributed by atoms with E-state index in [4.69, 9.17) is 4.74 Å². The summed E-state index contributed by atoms with van der Waals surface area (Å²) >= 11 is 0. The van der Waals surface area contributed by atoms with E-state index in [1.807, 2.05) is 30.3 Å². The lowest BCUT2D eigenvalue weighted by molar-refractivity contribution is -0.0869. The lowest BCUT2D eigenvalue weighted by Gasteiger charge is -2.60. The number of benzene rings is 2. The Balaban J connectivity index is 1.29. The van der Waals surface area contributed by atoms with Gasteiger partial charge in [-0.3, -0.25) is 0 Å². The van der Waals surface area contributed by atoms with Gasteiger partial charge in [-0.05, 0) is 121 Å². The highest BCUT2D eigenvalue weighted by molar-refractivity contribution is 5.89. The standard InChI is InChI=1S/C42H54O2/c1-29(2)13-12-14-30(3)36-21-22-37-39-33(20-19-31-15-8-6-9-16-31)27-34-28-35(44-40(43)32-17-10-7-11-18-32)23-25-41(34,4)38(39)24-26-42(36,37)5/h6-11,15-18,27,29-30,34-39H,12-14,21-26,28H2,1-5H3/t30-,34-,35+,36-,37+,38+,39+,41+,42-/m1/s1. The SMILES string of the molecule is CC(C)CCC[C@@H](C)[C@H]1CC[C@H]2[C@@H]3C(C#Cc4ccccc4)=C[C@@H]4C[C@@H](OC(=O)c5ccccc5)CC[C@]4(C)[C@H]3CC[C@]12C. The van der Waals surface area contributed by atoms with Crippen LogP contribution in [0.2, 0.25) is 0 Å². The van der Waals surface area contributed by atoms with Crippen molar-refractivity contribution in [1.82, 2.24) is 0 Å². The van der Waals surface area contributed by atoms with Gasteiger partial charge < -0.3 is 4.74 Å². The zero-order chi connectivity index (χ0) is 30.9. The number of allylic oxidation sites excluding steroid dienone is 2. The minimum Gasteiger partial charge on any atom is -0.459 e. The zero-order valence-corrected chi connectivity index (χ0v) is 27.9. The van der Waals surface area contributed by atoms with Crippen LogP contribution in [0.15, 0.2) is 72.3 Å². The Morgan fingerprint density at radius 1 is 0.841 bits per heavy atom. The van der Waals surface area contributed by atoms with Gasteiger partial charge in [0.05, 0.1) is 5.56 Å². The molecular formula is C42H54O2. The van der Waals surface area contributed by atoms with E-state index in [0.717, 1.165) is 42.6 Å². The lowest BCUT2D eigenvalue weighted by atomic mass is 9.44. The number of esters is 1. The van der Waals surface area contributed by atoms with Gasteiger partial charge in [0.15, 0.2) is 0 Å². The Morgan fingerprint density at radius 3 is 2.25 bits per heavy atom. The topological polar surface area (TPSA) is 26.3 Å². The third kappa shape index (κ3) is 6.06. The summed E-state index contributed by atoms with van der Waals surface area (Å²) < 4.78 is 6.14. The van der Waals surface area contributed by atoms with Crippen molar-refractivity contribution < 1.29 is 9.53 Å². The van der Waals surface area contributed by atoms with Crippen molar-refractivity contribution in [2.45, 2.75) is 105 Å². The molecule has 0 amide bonds. The van der Waals surface area contributed by atoms with E-state index in [1.54, 1.807) is 0 Å². The molecule has 3 saturated carbocycles. The molecule has 0 unspecified atom stereocenters. The van der Waals surface area contributed by atoms with Crippen LogP contribution in [-0.4, -0.2) is 12.1 Å². The van der Waals surface area contributed by atoms with Gasteiger partial charge in [0.1, 0.15) is 6.10 Å². The summed E-state index contributed by atoms with van der Waals surface area (Å²) in [7, 11) is 0. The maximum absolute atomic E-state index is 13.0. The Bertz CT molecular complexity index is 1380. The molecule has 9 atom stereocenters. The molecule has 2 aromatic rings. The van der Waals surface area contributed by atoms with Crippen LogP contribution in [0.25, 0.3) is 0 Å². The summed E-state index contributed by atoms with van der Waals surface area (Å²) in [5.41, 5.74) is 3.77. The van der Waals surface area contributed by atoms with E-state index in [9.17, 15) is 4.79 Å². The number of hydrogen-bond donors (Lipinski definition) is 0. The number of ether oxygens (including phenoxy) is 1. The first-order chi connectivity index (χ1) is 21.2. The first-order valence-electron chi connectivity index (χ1n) is 17.7. The third-order valence-corrected chi connectivity index (χ3v) is 12.8. The van der Waals surface area contributed by atoms with Gasteiger partial charge in [0.25, 0.3) is 0 Å². The van der Waals surface area contributed by atoms with Gasteiger partial charge in [-0.25, -0.2) is 4.79 Å². The summed E-state index contributed by atoms with van der Waals surface area (Å²) in [6, 6.07) is 20.0. The molecule has 2 aromatic carbocycles. The second-order valence-electron chi connectivity index (χ2n) is 15.8. The van der Waals surface area contributed by atoms with Crippen molar-refractivity contribution in [3.63, 3.8) is 0 Å². The van der Waals surface area contributed by atoms with Crippen LogP contribution < -0.4 is 0 Å². The highest BCUT2D eigenvalue weighted by atomic mass is 16.5. The first-order valence-corrected chi connectivity index (χ1v) is 17.7. The van der Waals surface area contributed by atoms with Crippen LogP contribution in [0.1, 0.15) is 115 Å². The summed E-state index contributed by atoms with van der Waals surface area (Å²) in [5.74, 6) is 11.9. The zero-order valence-electron chi connectivity index (χ0n) is 27.9. The molecule has 234 valence electrons. The van der Waals surface area contributed by atoms with E-state index in [0.29, 0.717) is 34.7 Å². The van der Waals surface area contributed by atoms with E-state index in [2.05, 4.69) is 82.9 Å². The van der Waals surface area contributed by atoms with Gasteiger partial charge in [-0.1, -0.05) is 108 Å². The monoisotopic (exact) mass is 590 g/mol. The molecule has 0 bridgehead atoms. The van der Waals surface area contributed by atoms with Crippen molar-refractivity contribution in [3.8, 4) is 11.8 Å². The van der Waals surface area contributed by atoms with Crippen LogP contribution in [0.4, 0.5) is 0 Å². The van der Waals surface area contributed by atoms with E-state index in [-0.39, 0.29) is 17.5 Å². The first kappa shape index (κ1) is 31.2. The second kappa shape index (κ2) is 12.9. The Kier molecular flexibility index (Phi) is 9.15. The van der Waals surface area contributed by atoms with E-state index < -0.39 is 0 Å². The predicted molar refractivity (Wildman–Crippen MR) is 181 cm³/mol. The fraction of sp³-hybridized carbons (Fsp3) is 0.595. The highest BCUT2D eigenvalue weighted by Gasteiger charge is 2.61. The largest absolute Gasteiger partial charge is 0.459 e. The van der Waals surface area contributed by atoms with Crippen molar-refractivity contribution >= 4 is 5.97 Å². The second-order valence-corrected chi connectivity index (χ2v) is 15.8. The molecule has 0 radical (unpaired) electrons. The average Bonchev–Trinajstić information content (AvgIpc) is 3.38. The van der Waals surface area contributed by atoms with Gasteiger partial charge in [0.2, 0.25) is 0 Å². The number of rotatable bonds is 7. The van der Waals surface area contributed by atoms with Crippen LogP contribution in [0.3, 0.4) is 0 Å². The fourth-order valence-corrected chi connectivity index (χ4v) is 10.4. The van der Waals surface area contributed by atoms with E-state index >= 15 is 0 Å². The van der Waals surface area contributed by atoms with Gasteiger partial charge in [0, 0.05) is 11.1 Å². The van der Waals surface area contributed by atoms with Crippen LogP contribution in [0, 0.1) is 64.1 Å². The molecule has 3 fully saturated rings. The molecule has 0 heterocycles. The minimum atomic E-state index is -0.186. The molecule has 0 saturated heterocycles. The molecule has 4 aliphatic rings. The maximum Gasteiger partial charge on any atom is 0.338 e.